The maximum atomic E-state index is 6.30. The van der Waals surface area contributed by atoms with E-state index in [1.807, 2.05) is 31.2 Å². The summed E-state index contributed by atoms with van der Waals surface area (Å²) in [6.07, 6.45) is 2.13. The minimum atomic E-state index is 0.230. The van der Waals surface area contributed by atoms with Gasteiger partial charge < -0.3 is 10.6 Å². The van der Waals surface area contributed by atoms with Gasteiger partial charge in [-0.15, -0.1) is 0 Å². The van der Waals surface area contributed by atoms with Crippen molar-refractivity contribution in [2.24, 2.45) is 21.1 Å². The van der Waals surface area contributed by atoms with Crippen LogP contribution in [0.1, 0.15) is 26.7 Å². The third-order valence-corrected chi connectivity index (χ3v) is 5.54. The van der Waals surface area contributed by atoms with E-state index in [9.17, 15) is 0 Å². The number of aromatic amines is 1. The van der Waals surface area contributed by atoms with Crippen LogP contribution in [-0.4, -0.2) is 47.3 Å². The van der Waals surface area contributed by atoms with Gasteiger partial charge in [0.1, 0.15) is 11.5 Å². The van der Waals surface area contributed by atoms with E-state index in [4.69, 9.17) is 22.3 Å². The van der Waals surface area contributed by atoms with Crippen LogP contribution in [0.3, 0.4) is 0 Å². The van der Waals surface area contributed by atoms with E-state index in [2.05, 4.69) is 33.7 Å². The molecule has 0 bridgehead atoms. The summed E-state index contributed by atoms with van der Waals surface area (Å²) in [7, 11) is 0. The molecular formula is C19H25ClN6. The quantitative estimate of drug-likeness (QED) is 0.624. The molecule has 3 N–H and O–H groups in total. The number of piperidine rings is 1. The van der Waals surface area contributed by atoms with Crippen molar-refractivity contribution in [3.05, 3.63) is 29.3 Å². The van der Waals surface area contributed by atoms with Crippen molar-refractivity contribution in [3.63, 3.8) is 0 Å². The molecule has 1 aromatic carbocycles. The molecule has 1 aliphatic rings. The van der Waals surface area contributed by atoms with Crippen molar-refractivity contribution in [3.8, 4) is 11.3 Å². The van der Waals surface area contributed by atoms with Gasteiger partial charge in [-0.05, 0) is 44.5 Å². The molecule has 0 spiro atoms. The predicted octanol–water partition coefficient (Wildman–Crippen LogP) is 4.17. The SMILES string of the molecule is C=Nc1c(N=C(C)N2CCC(C)(CN)CC2)n[nH]c1-c1ccccc1Cl. The van der Waals surface area contributed by atoms with Gasteiger partial charge in [0, 0.05) is 18.7 Å². The number of aliphatic imine (C=N–C) groups is 2. The second-order valence-corrected chi connectivity index (χ2v) is 7.48. The number of aromatic nitrogens is 2. The summed E-state index contributed by atoms with van der Waals surface area (Å²) >= 11 is 6.30. The lowest BCUT2D eigenvalue weighted by molar-refractivity contribution is 0.175. The van der Waals surface area contributed by atoms with Crippen molar-refractivity contribution >= 4 is 35.7 Å². The van der Waals surface area contributed by atoms with Crippen LogP contribution < -0.4 is 5.73 Å². The maximum absolute atomic E-state index is 6.30. The molecule has 0 atom stereocenters. The van der Waals surface area contributed by atoms with Crippen LogP contribution >= 0.6 is 11.6 Å². The lowest BCUT2D eigenvalue weighted by atomic mass is 9.80. The monoisotopic (exact) mass is 372 g/mol. The second-order valence-electron chi connectivity index (χ2n) is 7.07. The fourth-order valence-electron chi connectivity index (χ4n) is 3.20. The normalized spacial score (nSPS) is 17.4. The Labute approximate surface area is 159 Å². The lowest BCUT2D eigenvalue weighted by Gasteiger charge is -2.39. The van der Waals surface area contributed by atoms with Crippen LogP contribution in [0.5, 0.6) is 0 Å². The first-order valence-electron chi connectivity index (χ1n) is 8.78. The molecule has 26 heavy (non-hydrogen) atoms. The highest BCUT2D eigenvalue weighted by Crippen LogP contribution is 2.39. The molecule has 3 rings (SSSR count). The van der Waals surface area contributed by atoms with Gasteiger partial charge in [-0.25, -0.2) is 4.99 Å². The third kappa shape index (κ3) is 3.66. The van der Waals surface area contributed by atoms with Crippen molar-refractivity contribution in [2.45, 2.75) is 26.7 Å². The number of hydrogen-bond donors (Lipinski definition) is 2. The van der Waals surface area contributed by atoms with Crippen molar-refractivity contribution in [2.75, 3.05) is 19.6 Å². The van der Waals surface area contributed by atoms with E-state index in [0.29, 0.717) is 16.5 Å². The average molecular weight is 373 g/mol. The molecule has 1 aliphatic heterocycles. The highest BCUT2D eigenvalue weighted by Gasteiger charge is 2.29. The number of nitrogens with zero attached hydrogens (tertiary/aromatic N) is 4. The van der Waals surface area contributed by atoms with Gasteiger partial charge in [-0.2, -0.15) is 5.10 Å². The molecule has 0 amide bonds. The number of H-pyrrole nitrogens is 1. The van der Waals surface area contributed by atoms with Crippen LogP contribution in [0, 0.1) is 5.41 Å². The smallest absolute Gasteiger partial charge is 0.201 e. The molecule has 1 aromatic heterocycles. The maximum Gasteiger partial charge on any atom is 0.201 e. The van der Waals surface area contributed by atoms with Gasteiger partial charge in [-0.1, -0.05) is 36.7 Å². The van der Waals surface area contributed by atoms with Gasteiger partial charge in [0.15, 0.2) is 0 Å². The average Bonchev–Trinajstić information content (AvgIpc) is 3.05. The van der Waals surface area contributed by atoms with Gasteiger partial charge in [0.05, 0.1) is 10.7 Å². The summed E-state index contributed by atoms with van der Waals surface area (Å²) in [5, 5.41) is 7.97. The first-order chi connectivity index (χ1) is 12.5. The standard InChI is InChI=1S/C19H25ClN6/c1-13(26-10-8-19(2,12-21)9-11-26)23-18-17(22-3)16(24-25-18)14-6-4-5-7-15(14)20/h4-7H,3,8-12,21H2,1-2H3,(H,24,25). The van der Waals surface area contributed by atoms with Gasteiger partial charge in [-0.3, -0.25) is 10.1 Å². The minimum absolute atomic E-state index is 0.230. The summed E-state index contributed by atoms with van der Waals surface area (Å²) in [6, 6.07) is 7.56. The fraction of sp³-hybridized carbons (Fsp3) is 0.421. The Bertz CT molecular complexity index is 817. The molecule has 1 fully saturated rings. The lowest BCUT2D eigenvalue weighted by Crippen LogP contribution is -2.44. The Morgan fingerprint density at radius 1 is 1.38 bits per heavy atom. The molecule has 0 unspecified atom stereocenters. The molecule has 2 aromatic rings. The van der Waals surface area contributed by atoms with E-state index in [-0.39, 0.29) is 5.41 Å². The molecule has 0 aliphatic carbocycles. The number of amidine groups is 1. The number of likely N-dealkylation sites (tertiary alicyclic amines) is 1. The highest BCUT2D eigenvalue weighted by atomic mass is 35.5. The van der Waals surface area contributed by atoms with Crippen LogP contribution in [0.2, 0.25) is 5.02 Å². The van der Waals surface area contributed by atoms with Crippen molar-refractivity contribution in [1.82, 2.24) is 15.1 Å². The number of hydrogen-bond acceptors (Lipinski definition) is 4. The Morgan fingerprint density at radius 3 is 2.69 bits per heavy atom. The van der Waals surface area contributed by atoms with Crippen LogP contribution in [0.4, 0.5) is 11.5 Å². The van der Waals surface area contributed by atoms with Crippen LogP contribution in [0.15, 0.2) is 34.3 Å². The Balaban J connectivity index is 1.85. The molecule has 0 radical (unpaired) electrons. The number of benzene rings is 1. The van der Waals surface area contributed by atoms with Crippen LogP contribution in [0.25, 0.3) is 11.3 Å². The van der Waals surface area contributed by atoms with Gasteiger partial charge in [0.2, 0.25) is 5.82 Å². The summed E-state index contributed by atoms with van der Waals surface area (Å²) in [5.74, 6) is 1.45. The first kappa shape index (κ1) is 18.6. The Hall–Kier alpha value is -2.18. The van der Waals surface area contributed by atoms with Gasteiger partial charge in [0.25, 0.3) is 0 Å². The number of rotatable bonds is 4. The topological polar surface area (TPSA) is 82.7 Å². The third-order valence-electron chi connectivity index (χ3n) is 5.21. The first-order valence-corrected chi connectivity index (χ1v) is 9.15. The fourth-order valence-corrected chi connectivity index (χ4v) is 3.43. The number of nitrogens with two attached hydrogens (primary N) is 1. The zero-order valence-electron chi connectivity index (χ0n) is 15.3. The minimum Gasteiger partial charge on any atom is -0.360 e. The summed E-state index contributed by atoms with van der Waals surface area (Å²) < 4.78 is 0. The summed E-state index contributed by atoms with van der Waals surface area (Å²) in [6.45, 7) is 10.5. The molecule has 6 nitrogen and oxygen atoms in total. The Kier molecular flexibility index (Phi) is 5.44. The number of halogens is 1. The molecule has 7 heteroatoms. The molecule has 1 saturated heterocycles. The van der Waals surface area contributed by atoms with Crippen molar-refractivity contribution in [1.29, 1.82) is 0 Å². The highest BCUT2D eigenvalue weighted by molar-refractivity contribution is 6.33. The van der Waals surface area contributed by atoms with E-state index in [1.165, 1.54) is 0 Å². The Morgan fingerprint density at radius 2 is 2.08 bits per heavy atom. The summed E-state index contributed by atoms with van der Waals surface area (Å²) in [5.41, 5.74) is 8.30. The molecule has 138 valence electrons. The van der Waals surface area contributed by atoms with E-state index in [1.54, 1.807) is 0 Å². The molecular weight excluding hydrogens is 348 g/mol. The zero-order valence-corrected chi connectivity index (χ0v) is 16.1. The van der Waals surface area contributed by atoms with Crippen molar-refractivity contribution < 1.29 is 0 Å². The van der Waals surface area contributed by atoms with E-state index >= 15 is 0 Å². The summed E-state index contributed by atoms with van der Waals surface area (Å²) in [4.78, 5) is 11.1. The number of nitrogens with one attached hydrogen (secondary N) is 1. The predicted molar refractivity (Wildman–Crippen MR) is 109 cm³/mol. The largest absolute Gasteiger partial charge is 0.360 e. The van der Waals surface area contributed by atoms with E-state index in [0.717, 1.165) is 49.6 Å². The zero-order chi connectivity index (χ0) is 18.7. The van der Waals surface area contributed by atoms with Crippen LogP contribution in [-0.2, 0) is 0 Å². The molecule has 2 heterocycles. The molecule has 0 saturated carbocycles. The second kappa shape index (κ2) is 7.60. The van der Waals surface area contributed by atoms with Gasteiger partial charge >= 0.3 is 0 Å². The van der Waals surface area contributed by atoms with E-state index < -0.39 is 0 Å².